The van der Waals surface area contributed by atoms with E-state index in [4.69, 9.17) is 0 Å². The summed E-state index contributed by atoms with van der Waals surface area (Å²) in [6.45, 7) is 4.73. The highest BCUT2D eigenvalue weighted by Crippen LogP contribution is 2.20. The molecule has 2 aromatic heterocycles. The van der Waals surface area contributed by atoms with E-state index in [9.17, 15) is 4.79 Å². The second-order valence-corrected chi connectivity index (χ2v) is 7.60. The Labute approximate surface area is 163 Å². The molecular formula is C23H24N4O. The summed E-state index contributed by atoms with van der Waals surface area (Å²) in [5.41, 5.74) is 3.35. The number of hydrogen-bond donors (Lipinski definition) is 0. The lowest BCUT2D eigenvalue weighted by Gasteiger charge is -2.16. The zero-order valence-corrected chi connectivity index (χ0v) is 15.9. The average molecular weight is 372 g/mol. The summed E-state index contributed by atoms with van der Waals surface area (Å²) in [7, 11) is 0. The van der Waals surface area contributed by atoms with E-state index < -0.39 is 0 Å². The molecule has 0 atom stereocenters. The highest BCUT2D eigenvalue weighted by molar-refractivity contribution is 5.85. The lowest BCUT2D eigenvalue weighted by molar-refractivity contribution is 0.321. The Morgan fingerprint density at radius 3 is 2.61 bits per heavy atom. The molecular weight excluding hydrogens is 348 g/mol. The molecule has 0 spiro atoms. The maximum Gasteiger partial charge on any atom is 0.258 e. The number of imidazole rings is 1. The fourth-order valence-electron chi connectivity index (χ4n) is 4.27. The summed E-state index contributed by atoms with van der Waals surface area (Å²) in [5, 5.41) is 1.83. The minimum absolute atomic E-state index is 0.106. The molecule has 28 heavy (non-hydrogen) atoms. The van der Waals surface area contributed by atoms with Gasteiger partial charge in [0.15, 0.2) is 0 Å². The number of rotatable bonds is 5. The van der Waals surface area contributed by atoms with Gasteiger partial charge in [0.25, 0.3) is 5.56 Å². The molecule has 0 aliphatic carbocycles. The quantitative estimate of drug-likeness (QED) is 0.539. The predicted octanol–water partition coefficient (Wildman–Crippen LogP) is 3.50. The second kappa shape index (κ2) is 7.24. The van der Waals surface area contributed by atoms with Crippen molar-refractivity contribution in [3.63, 3.8) is 0 Å². The summed E-state index contributed by atoms with van der Waals surface area (Å²) in [5.74, 6) is 0. The van der Waals surface area contributed by atoms with E-state index in [-0.39, 0.29) is 5.56 Å². The van der Waals surface area contributed by atoms with Gasteiger partial charge in [-0.05, 0) is 61.1 Å². The van der Waals surface area contributed by atoms with Crippen LogP contribution < -0.4 is 5.56 Å². The minimum Gasteiger partial charge on any atom is -0.326 e. The third-order valence-corrected chi connectivity index (χ3v) is 5.83. The fraction of sp³-hybridized carbons (Fsp3) is 0.304. The van der Waals surface area contributed by atoms with Crippen molar-refractivity contribution in [2.24, 2.45) is 0 Å². The number of likely N-dealkylation sites (tertiary alicyclic amines) is 1. The Hall–Kier alpha value is -2.92. The van der Waals surface area contributed by atoms with Crippen molar-refractivity contribution in [1.82, 2.24) is 19.0 Å². The van der Waals surface area contributed by atoms with E-state index in [0.29, 0.717) is 6.54 Å². The van der Waals surface area contributed by atoms with Gasteiger partial charge in [-0.25, -0.2) is 4.98 Å². The zero-order chi connectivity index (χ0) is 18.9. The van der Waals surface area contributed by atoms with Gasteiger partial charge in [-0.3, -0.25) is 4.79 Å². The summed E-state index contributed by atoms with van der Waals surface area (Å²) < 4.78 is 4.00. The number of aromatic nitrogens is 3. The smallest absolute Gasteiger partial charge is 0.258 e. The van der Waals surface area contributed by atoms with E-state index >= 15 is 0 Å². The molecule has 0 radical (unpaired) electrons. The summed E-state index contributed by atoms with van der Waals surface area (Å²) in [6.07, 6.45) is 6.38. The molecule has 3 heterocycles. The monoisotopic (exact) mass is 372 g/mol. The third-order valence-electron chi connectivity index (χ3n) is 5.83. The molecule has 5 heteroatoms. The van der Waals surface area contributed by atoms with Gasteiger partial charge in [-0.2, -0.15) is 0 Å². The van der Waals surface area contributed by atoms with Crippen molar-refractivity contribution < 1.29 is 0 Å². The zero-order valence-electron chi connectivity index (χ0n) is 15.9. The Balaban J connectivity index is 1.47. The van der Waals surface area contributed by atoms with E-state index in [1.807, 2.05) is 47.4 Å². The van der Waals surface area contributed by atoms with Crippen LogP contribution in [0.25, 0.3) is 21.8 Å². The average Bonchev–Trinajstić information content (AvgIpc) is 3.38. The van der Waals surface area contributed by atoms with Gasteiger partial charge in [0.2, 0.25) is 0 Å². The number of nitrogens with zero attached hydrogens (tertiary/aromatic N) is 4. The van der Waals surface area contributed by atoms with E-state index in [1.165, 1.54) is 12.8 Å². The molecule has 1 aliphatic rings. The second-order valence-electron chi connectivity index (χ2n) is 7.60. The molecule has 0 saturated carbocycles. The van der Waals surface area contributed by atoms with E-state index in [0.717, 1.165) is 53.5 Å². The van der Waals surface area contributed by atoms with Crippen LogP contribution in [0, 0.1) is 0 Å². The molecule has 5 nitrogen and oxygen atoms in total. The van der Waals surface area contributed by atoms with Gasteiger partial charge in [0, 0.05) is 31.2 Å². The third kappa shape index (κ3) is 3.12. The first-order chi connectivity index (χ1) is 13.8. The van der Waals surface area contributed by atoms with Crippen molar-refractivity contribution in [2.75, 3.05) is 19.6 Å². The largest absolute Gasteiger partial charge is 0.326 e. The summed E-state index contributed by atoms with van der Waals surface area (Å²) in [6, 6.07) is 16.3. The molecule has 2 aromatic carbocycles. The van der Waals surface area contributed by atoms with Crippen LogP contribution in [0.5, 0.6) is 0 Å². The van der Waals surface area contributed by atoms with Gasteiger partial charge in [-0.15, -0.1) is 0 Å². The van der Waals surface area contributed by atoms with Crippen molar-refractivity contribution in [3.8, 4) is 0 Å². The summed E-state index contributed by atoms with van der Waals surface area (Å²) in [4.78, 5) is 19.9. The van der Waals surface area contributed by atoms with Gasteiger partial charge in [0.1, 0.15) is 0 Å². The maximum atomic E-state index is 13.0. The molecule has 5 rings (SSSR count). The first kappa shape index (κ1) is 17.2. The van der Waals surface area contributed by atoms with Crippen LogP contribution in [-0.4, -0.2) is 38.7 Å². The van der Waals surface area contributed by atoms with Crippen molar-refractivity contribution in [2.45, 2.75) is 25.9 Å². The highest BCUT2D eigenvalue weighted by Gasteiger charge is 2.13. The molecule has 1 aliphatic heterocycles. The molecule has 0 bridgehead atoms. The SMILES string of the molecule is O=c1c2cccc(Cn3cnc4ccccc43)c2ccn1CCN1CCCC1. The normalized spacial score (nSPS) is 15.0. The molecule has 4 aromatic rings. The van der Waals surface area contributed by atoms with E-state index in [1.54, 1.807) is 0 Å². The van der Waals surface area contributed by atoms with Crippen LogP contribution in [-0.2, 0) is 13.1 Å². The maximum absolute atomic E-state index is 13.0. The molecule has 0 unspecified atom stereocenters. The van der Waals surface area contributed by atoms with Gasteiger partial charge in [0.05, 0.1) is 17.4 Å². The van der Waals surface area contributed by atoms with Crippen molar-refractivity contribution in [3.05, 3.63) is 77.0 Å². The van der Waals surface area contributed by atoms with Crippen LogP contribution in [0.1, 0.15) is 18.4 Å². The number of fused-ring (bicyclic) bond motifs is 2. The van der Waals surface area contributed by atoms with Crippen LogP contribution in [0.2, 0.25) is 0 Å². The number of pyridine rings is 1. The Kier molecular flexibility index (Phi) is 4.45. The topological polar surface area (TPSA) is 43.1 Å². The molecule has 1 fully saturated rings. The van der Waals surface area contributed by atoms with Gasteiger partial charge < -0.3 is 14.0 Å². The Morgan fingerprint density at radius 2 is 1.71 bits per heavy atom. The van der Waals surface area contributed by atoms with Crippen LogP contribution in [0.15, 0.2) is 65.8 Å². The lowest BCUT2D eigenvalue weighted by atomic mass is 10.1. The van der Waals surface area contributed by atoms with Gasteiger partial charge >= 0.3 is 0 Å². The molecule has 0 amide bonds. The predicted molar refractivity (Wildman–Crippen MR) is 113 cm³/mol. The number of benzene rings is 2. The first-order valence-electron chi connectivity index (χ1n) is 10.0. The van der Waals surface area contributed by atoms with Crippen molar-refractivity contribution in [1.29, 1.82) is 0 Å². The lowest BCUT2D eigenvalue weighted by Crippen LogP contribution is -2.29. The van der Waals surface area contributed by atoms with Crippen LogP contribution in [0.4, 0.5) is 0 Å². The van der Waals surface area contributed by atoms with Crippen LogP contribution >= 0.6 is 0 Å². The Morgan fingerprint density at radius 1 is 0.857 bits per heavy atom. The Bertz CT molecular complexity index is 1180. The summed E-state index contributed by atoms with van der Waals surface area (Å²) >= 11 is 0. The van der Waals surface area contributed by atoms with Crippen LogP contribution in [0.3, 0.4) is 0 Å². The number of hydrogen-bond acceptors (Lipinski definition) is 3. The standard InChI is InChI=1S/C23H24N4O/c28-23-20-7-5-6-18(16-27-17-24-21-8-1-2-9-22(21)27)19(20)10-13-26(23)15-14-25-11-3-4-12-25/h1-2,5-10,13,17H,3-4,11-12,14-16H2. The van der Waals surface area contributed by atoms with Crippen molar-refractivity contribution >= 4 is 21.8 Å². The minimum atomic E-state index is 0.106. The molecule has 1 saturated heterocycles. The highest BCUT2D eigenvalue weighted by atomic mass is 16.1. The van der Waals surface area contributed by atoms with E-state index in [2.05, 4.69) is 32.7 Å². The first-order valence-corrected chi connectivity index (χ1v) is 10.0. The van der Waals surface area contributed by atoms with Gasteiger partial charge in [-0.1, -0.05) is 24.3 Å². The molecule has 142 valence electrons. The molecule has 0 N–H and O–H groups in total. The number of para-hydroxylation sites is 2. The fourth-order valence-corrected chi connectivity index (χ4v) is 4.27.